The van der Waals surface area contributed by atoms with E-state index in [1.54, 1.807) is 6.07 Å². The topological polar surface area (TPSA) is 54.9 Å². The zero-order valence-electron chi connectivity index (χ0n) is 9.57. The molecule has 1 heterocycles. The molecule has 0 aliphatic rings. The molecule has 0 aliphatic heterocycles. The lowest BCUT2D eigenvalue weighted by molar-refractivity contribution is -0.0235. The number of rotatable bonds is 3. The molecule has 1 N–H and O–H groups in total. The summed E-state index contributed by atoms with van der Waals surface area (Å²) in [5.41, 5.74) is -1.71. The molecule has 0 bridgehead atoms. The van der Waals surface area contributed by atoms with Gasteiger partial charge in [-0.25, -0.2) is 4.79 Å². The van der Waals surface area contributed by atoms with Gasteiger partial charge in [0.05, 0.1) is 11.0 Å². The van der Waals surface area contributed by atoms with E-state index < -0.39 is 23.7 Å². The molecule has 0 spiro atoms. The molecule has 7 heteroatoms. The van der Waals surface area contributed by atoms with E-state index in [1.807, 2.05) is 4.98 Å². The second-order valence-corrected chi connectivity index (χ2v) is 4.79. The molecule has 0 saturated carbocycles. The Kier molecular flexibility index (Phi) is 3.66. The number of nitrogens with zero attached hydrogens (tertiary/aromatic N) is 1. The minimum absolute atomic E-state index is 0.0240. The van der Waals surface area contributed by atoms with Crippen LogP contribution in [0.15, 0.2) is 50.6 Å². The number of benzene rings is 1. The molecule has 4 nitrogen and oxygen atoms in total. The number of aromatic amines is 1. The summed E-state index contributed by atoms with van der Waals surface area (Å²) in [7, 11) is 0. The van der Waals surface area contributed by atoms with E-state index in [0.717, 1.165) is 10.8 Å². The van der Waals surface area contributed by atoms with Crippen LogP contribution in [-0.2, 0) is 12.5 Å². The van der Waals surface area contributed by atoms with Crippen LogP contribution in [0.25, 0.3) is 0 Å². The summed E-state index contributed by atoms with van der Waals surface area (Å²) in [4.78, 5) is 24.5. The molecule has 0 radical (unpaired) electrons. The molecule has 2 aromatic rings. The van der Waals surface area contributed by atoms with Crippen LogP contribution in [0.4, 0.5) is 8.78 Å². The van der Waals surface area contributed by atoms with Crippen molar-refractivity contribution in [3.05, 3.63) is 67.4 Å². The van der Waals surface area contributed by atoms with Gasteiger partial charge in [0, 0.05) is 11.8 Å². The monoisotopic (exact) mass is 330 g/mol. The maximum absolute atomic E-state index is 14.0. The van der Waals surface area contributed by atoms with E-state index in [1.165, 1.54) is 24.3 Å². The normalized spacial score (nSPS) is 11.5. The van der Waals surface area contributed by atoms with E-state index in [2.05, 4.69) is 15.9 Å². The summed E-state index contributed by atoms with van der Waals surface area (Å²) >= 11 is 2.90. The Balaban J connectivity index is 2.39. The summed E-state index contributed by atoms with van der Waals surface area (Å²) in [5, 5.41) is 0. The van der Waals surface area contributed by atoms with Gasteiger partial charge in [0.1, 0.15) is 0 Å². The third kappa shape index (κ3) is 2.98. The lowest BCUT2D eigenvalue weighted by atomic mass is 10.1. The van der Waals surface area contributed by atoms with Crippen LogP contribution in [0, 0.1) is 0 Å². The molecule has 0 aliphatic carbocycles. The van der Waals surface area contributed by atoms with Crippen molar-refractivity contribution in [1.29, 1.82) is 0 Å². The van der Waals surface area contributed by atoms with Crippen molar-refractivity contribution in [2.75, 3.05) is 0 Å². The fraction of sp³-hybridized carbons (Fsp3) is 0.167. The van der Waals surface area contributed by atoms with Crippen molar-refractivity contribution in [3.63, 3.8) is 0 Å². The fourth-order valence-corrected chi connectivity index (χ4v) is 1.93. The third-order valence-corrected chi connectivity index (χ3v) is 3.10. The van der Waals surface area contributed by atoms with Crippen LogP contribution >= 0.6 is 15.9 Å². The Morgan fingerprint density at radius 1 is 1.21 bits per heavy atom. The lowest BCUT2D eigenvalue weighted by Gasteiger charge is -2.17. The number of alkyl halides is 2. The quantitative estimate of drug-likeness (QED) is 0.936. The van der Waals surface area contributed by atoms with Gasteiger partial charge in [-0.15, -0.1) is 0 Å². The highest BCUT2D eigenvalue weighted by Gasteiger charge is 2.32. The number of aromatic nitrogens is 2. The van der Waals surface area contributed by atoms with E-state index in [-0.39, 0.29) is 10.0 Å². The Morgan fingerprint density at radius 3 is 2.47 bits per heavy atom. The van der Waals surface area contributed by atoms with Crippen molar-refractivity contribution in [1.82, 2.24) is 9.55 Å². The maximum atomic E-state index is 14.0. The number of hydrogen-bond donors (Lipinski definition) is 1. The standard InChI is InChI=1S/C12H9BrF2N2O2/c13-9-6-17(11(19)16-10(9)18)7-12(14,15)8-4-2-1-3-5-8/h1-6H,7H2,(H,16,18,19). The fourth-order valence-electron chi connectivity index (χ4n) is 1.59. The molecule has 0 fully saturated rings. The number of H-pyrrole nitrogens is 1. The molecule has 2 rings (SSSR count). The Hall–Kier alpha value is -1.76. The van der Waals surface area contributed by atoms with Crippen LogP contribution < -0.4 is 11.2 Å². The summed E-state index contributed by atoms with van der Waals surface area (Å²) in [5.74, 6) is -3.21. The first-order valence-electron chi connectivity index (χ1n) is 5.33. The van der Waals surface area contributed by atoms with Gasteiger partial charge in [-0.1, -0.05) is 30.3 Å². The lowest BCUT2D eigenvalue weighted by Crippen LogP contribution is -2.34. The van der Waals surface area contributed by atoms with Crippen LogP contribution in [0.2, 0.25) is 0 Å². The van der Waals surface area contributed by atoms with Crippen LogP contribution in [-0.4, -0.2) is 9.55 Å². The minimum Gasteiger partial charge on any atom is -0.293 e. The molecule has 1 aromatic carbocycles. The molecule has 0 unspecified atom stereocenters. The number of halogens is 3. The second-order valence-electron chi connectivity index (χ2n) is 3.93. The summed E-state index contributed by atoms with van der Waals surface area (Å²) in [6.45, 7) is -0.842. The summed E-state index contributed by atoms with van der Waals surface area (Å²) < 4.78 is 28.8. The average molecular weight is 331 g/mol. The van der Waals surface area contributed by atoms with Crippen molar-refractivity contribution >= 4 is 15.9 Å². The SMILES string of the molecule is O=c1[nH]c(=O)n(CC(F)(F)c2ccccc2)cc1Br. The average Bonchev–Trinajstić information content (AvgIpc) is 2.37. The Bertz CT molecular complexity index is 695. The zero-order chi connectivity index (χ0) is 14.0. The van der Waals surface area contributed by atoms with E-state index in [0.29, 0.717) is 0 Å². The van der Waals surface area contributed by atoms with E-state index >= 15 is 0 Å². The van der Waals surface area contributed by atoms with Gasteiger partial charge < -0.3 is 0 Å². The van der Waals surface area contributed by atoms with Gasteiger partial charge in [-0.3, -0.25) is 14.3 Å². The molecule has 1 aromatic heterocycles. The Labute approximate surface area is 114 Å². The first kappa shape index (κ1) is 13.7. The number of nitrogens with one attached hydrogen (secondary N) is 1. The van der Waals surface area contributed by atoms with Crippen molar-refractivity contribution in [2.45, 2.75) is 12.5 Å². The Morgan fingerprint density at radius 2 is 1.84 bits per heavy atom. The van der Waals surface area contributed by atoms with Gasteiger partial charge in [-0.05, 0) is 15.9 Å². The largest absolute Gasteiger partial charge is 0.328 e. The molecule has 19 heavy (non-hydrogen) atoms. The van der Waals surface area contributed by atoms with Gasteiger partial charge in [0.25, 0.3) is 11.5 Å². The summed E-state index contributed by atoms with van der Waals surface area (Å²) in [6.07, 6.45) is 1.05. The van der Waals surface area contributed by atoms with Crippen LogP contribution in [0.1, 0.15) is 5.56 Å². The molecule has 0 amide bonds. The predicted octanol–water partition coefficient (Wildman–Crippen LogP) is 2.09. The van der Waals surface area contributed by atoms with Gasteiger partial charge in [0.2, 0.25) is 0 Å². The smallest absolute Gasteiger partial charge is 0.293 e. The molecular weight excluding hydrogens is 322 g/mol. The predicted molar refractivity (Wildman–Crippen MR) is 69.4 cm³/mol. The summed E-state index contributed by atoms with van der Waals surface area (Å²) in [6, 6.07) is 7.18. The van der Waals surface area contributed by atoms with E-state index in [9.17, 15) is 18.4 Å². The van der Waals surface area contributed by atoms with Crippen molar-refractivity contribution in [2.24, 2.45) is 0 Å². The first-order chi connectivity index (χ1) is 8.90. The van der Waals surface area contributed by atoms with Crippen LogP contribution in [0.3, 0.4) is 0 Å². The van der Waals surface area contributed by atoms with Gasteiger partial charge in [0.15, 0.2) is 0 Å². The highest BCUT2D eigenvalue weighted by atomic mass is 79.9. The first-order valence-corrected chi connectivity index (χ1v) is 6.12. The van der Waals surface area contributed by atoms with Crippen molar-refractivity contribution < 1.29 is 8.78 Å². The third-order valence-electron chi connectivity index (χ3n) is 2.53. The number of hydrogen-bond acceptors (Lipinski definition) is 2. The maximum Gasteiger partial charge on any atom is 0.328 e. The zero-order valence-corrected chi connectivity index (χ0v) is 11.2. The van der Waals surface area contributed by atoms with Crippen molar-refractivity contribution in [3.8, 4) is 0 Å². The second kappa shape index (κ2) is 5.08. The molecule has 0 saturated heterocycles. The van der Waals surface area contributed by atoms with E-state index in [4.69, 9.17) is 0 Å². The van der Waals surface area contributed by atoms with Gasteiger partial charge in [-0.2, -0.15) is 8.78 Å². The molecule has 100 valence electrons. The molecular formula is C12H9BrF2N2O2. The molecule has 0 atom stereocenters. The highest BCUT2D eigenvalue weighted by molar-refractivity contribution is 9.10. The van der Waals surface area contributed by atoms with Gasteiger partial charge >= 0.3 is 5.69 Å². The minimum atomic E-state index is -3.21. The highest BCUT2D eigenvalue weighted by Crippen LogP contribution is 2.29. The van der Waals surface area contributed by atoms with Crippen LogP contribution in [0.5, 0.6) is 0 Å².